The van der Waals surface area contributed by atoms with Gasteiger partial charge in [0, 0.05) is 6.42 Å². The number of aliphatic hydroxyl groups excluding tert-OH is 2. The van der Waals surface area contributed by atoms with E-state index in [9.17, 15) is 14.3 Å². The SMILES string of the molecule is Nc1nc2c(ncn2[C@H]2C[C@](F)(CO)[C@@H]2O)c(=O)[nH]1. The van der Waals surface area contributed by atoms with Crippen LogP contribution in [0.25, 0.3) is 11.2 Å². The van der Waals surface area contributed by atoms with Gasteiger partial charge in [0.2, 0.25) is 5.95 Å². The summed E-state index contributed by atoms with van der Waals surface area (Å²) in [6, 6.07) is -0.629. The van der Waals surface area contributed by atoms with Crippen LogP contribution in [0.4, 0.5) is 10.3 Å². The van der Waals surface area contributed by atoms with Gasteiger partial charge in [0.05, 0.1) is 19.0 Å². The number of hydrogen-bond acceptors (Lipinski definition) is 6. The van der Waals surface area contributed by atoms with Crippen molar-refractivity contribution in [2.75, 3.05) is 12.3 Å². The van der Waals surface area contributed by atoms with Gasteiger partial charge in [-0.15, -0.1) is 0 Å². The fourth-order valence-corrected chi connectivity index (χ4v) is 2.36. The fraction of sp³-hybridized carbons (Fsp3) is 0.500. The zero-order chi connectivity index (χ0) is 13.8. The zero-order valence-electron chi connectivity index (χ0n) is 9.75. The maximum absolute atomic E-state index is 13.8. The predicted octanol–water partition coefficient (Wildman–Crippen LogP) is -1.29. The second-order valence-electron chi connectivity index (χ2n) is 4.68. The quantitative estimate of drug-likeness (QED) is 0.536. The molecule has 3 rings (SSSR count). The van der Waals surface area contributed by atoms with Crippen molar-refractivity contribution in [3.8, 4) is 0 Å². The number of nitrogens with zero attached hydrogens (tertiary/aromatic N) is 3. The fourth-order valence-electron chi connectivity index (χ4n) is 2.36. The van der Waals surface area contributed by atoms with Gasteiger partial charge in [-0.25, -0.2) is 9.37 Å². The molecule has 9 heteroatoms. The minimum absolute atomic E-state index is 0.0711. The number of imidazole rings is 1. The second-order valence-corrected chi connectivity index (χ2v) is 4.68. The van der Waals surface area contributed by atoms with Gasteiger partial charge in [0.25, 0.3) is 5.56 Å². The van der Waals surface area contributed by atoms with E-state index < -0.39 is 30.0 Å². The second kappa shape index (κ2) is 3.75. The van der Waals surface area contributed by atoms with E-state index >= 15 is 0 Å². The Bertz CT molecular complexity index is 698. The van der Waals surface area contributed by atoms with Crippen LogP contribution in [0.15, 0.2) is 11.1 Å². The van der Waals surface area contributed by atoms with Gasteiger partial charge >= 0.3 is 0 Å². The number of nitrogens with two attached hydrogens (primary N) is 1. The maximum Gasteiger partial charge on any atom is 0.280 e. The Hall–Kier alpha value is -2.00. The highest BCUT2D eigenvalue weighted by molar-refractivity contribution is 5.70. The topological polar surface area (TPSA) is 130 Å². The Balaban J connectivity index is 2.06. The van der Waals surface area contributed by atoms with Crippen LogP contribution in [0.3, 0.4) is 0 Å². The van der Waals surface area contributed by atoms with Crippen molar-refractivity contribution >= 4 is 17.1 Å². The van der Waals surface area contributed by atoms with Gasteiger partial charge < -0.3 is 20.5 Å². The first-order chi connectivity index (χ1) is 8.96. The first kappa shape index (κ1) is 12.1. The molecule has 0 aromatic carbocycles. The Morgan fingerprint density at radius 1 is 1.68 bits per heavy atom. The smallest absolute Gasteiger partial charge is 0.280 e. The number of aromatic nitrogens is 4. The molecule has 1 fully saturated rings. The first-order valence-electron chi connectivity index (χ1n) is 5.66. The normalized spacial score (nSPS) is 30.5. The van der Waals surface area contributed by atoms with E-state index in [0.29, 0.717) is 0 Å². The highest BCUT2D eigenvalue weighted by Gasteiger charge is 2.55. The van der Waals surface area contributed by atoms with Crippen LogP contribution in [-0.4, -0.2) is 48.1 Å². The Morgan fingerprint density at radius 2 is 2.42 bits per heavy atom. The van der Waals surface area contributed by atoms with Crippen molar-refractivity contribution in [3.63, 3.8) is 0 Å². The molecular weight excluding hydrogens is 257 g/mol. The number of rotatable bonds is 2. The molecule has 0 radical (unpaired) electrons. The zero-order valence-corrected chi connectivity index (χ0v) is 9.75. The number of anilines is 1. The van der Waals surface area contributed by atoms with Crippen LogP contribution < -0.4 is 11.3 Å². The summed E-state index contributed by atoms with van der Waals surface area (Å²) in [6.45, 7) is -0.757. The summed E-state index contributed by atoms with van der Waals surface area (Å²) in [7, 11) is 0. The van der Waals surface area contributed by atoms with Crippen molar-refractivity contribution in [2.24, 2.45) is 0 Å². The predicted molar refractivity (Wildman–Crippen MR) is 63.1 cm³/mol. The minimum Gasteiger partial charge on any atom is -0.393 e. The maximum atomic E-state index is 13.8. The molecule has 2 aromatic heterocycles. The van der Waals surface area contributed by atoms with Gasteiger partial charge in [-0.2, -0.15) is 4.98 Å². The first-order valence-corrected chi connectivity index (χ1v) is 5.66. The Kier molecular flexibility index (Phi) is 2.38. The summed E-state index contributed by atoms with van der Waals surface area (Å²) in [5, 5.41) is 18.7. The average molecular weight is 269 g/mol. The lowest BCUT2D eigenvalue weighted by atomic mass is 9.74. The average Bonchev–Trinajstić information content (AvgIpc) is 2.78. The number of aliphatic hydroxyl groups is 2. The highest BCUT2D eigenvalue weighted by atomic mass is 19.1. The molecule has 0 aliphatic heterocycles. The summed E-state index contributed by atoms with van der Waals surface area (Å²) >= 11 is 0. The van der Waals surface area contributed by atoms with Gasteiger partial charge in [-0.3, -0.25) is 9.78 Å². The van der Waals surface area contributed by atoms with E-state index in [4.69, 9.17) is 10.8 Å². The van der Waals surface area contributed by atoms with Crippen molar-refractivity contribution in [1.29, 1.82) is 0 Å². The monoisotopic (exact) mass is 269 g/mol. The van der Waals surface area contributed by atoms with Gasteiger partial charge in [0.15, 0.2) is 16.8 Å². The molecule has 3 atom stereocenters. The number of halogens is 1. The van der Waals surface area contributed by atoms with E-state index in [1.165, 1.54) is 10.9 Å². The van der Waals surface area contributed by atoms with Crippen LogP contribution in [0, 0.1) is 0 Å². The number of H-pyrrole nitrogens is 1. The number of hydrogen-bond donors (Lipinski definition) is 4. The van der Waals surface area contributed by atoms with E-state index in [2.05, 4.69) is 15.0 Å². The molecule has 1 aliphatic rings. The largest absolute Gasteiger partial charge is 0.393 e. The standard InChI is InChI=1S/C10H12FN5O3/c11-10(2-17)1-4(6(10)18)16-3-13-5-7(16)14-9(12)15-8(5)19/h3-4,6,17-18H,1-2H2,(H3,12,14,15,19)/t4-,6+,10-/m0/s1. The van der Waals surface area contributed by atoms with Crippen LogP contribution in [0.1, 0.15) is 12.5 Å². The third kappa shape index (κ3) is 1.55. The van der Waals surface area contributed by atoms with Gasteiger partial charge in [-0.05, 0) is 0 Å². The number of alkyl halides is 1. The lowest BCUT2D eigenvalue weighted by Gasteiger charge is -2.45. The molecule has 1 aliphatic carbocycles. The molecular formula is C10H12FN5O3. The van der Waals surface area contributed by atoms with E-state index in [-0.39, 0.29) is 23.5 Å². The van der Waals surface area contributed by atoms with Crippen molar-refractivity contribution in [1.82, 2.24) is 19.5 Å². The van der Waals surface area contributed by atoms with Crippen LogP contribution in [-0.2, 0) is 0 Å². The minimum atomic E-state index is -2.02. The van der Waals surface area contributed by atoms with Crippen LogP contribution in [0.2, 0.25) is 0 Å². The molecule has 0 unspecified atom stereocenters. The molecule has 1 saturated carbocycles. The third-order valence-corrected chi connectivity index (χ3v) is 3.51. The lowest BCUT2D eigenvalue weighted by molar-refractivity contribution is -0.149. The highest BCUT2D eigenvalue weighted by Crippen LogP contribution is 2.45. The van der Waals surface area contributed by atoms with Crippen LogP contribution in [0.5, 0.6) is 0 Å². The summed E-state index contributed by atoms with van der Waals surface area (Å²) in [5.41, 5.74) is 3.18. The molecule has 19 heavy (non-hydrogen) atoms. The molecule has 2 heterocycles. The number of fused-ring (bicyclic) bond motifs is 1. The van der Waals surface area contributed by atoms with Gasteiger partial charge in [0.1, 0.15) is 6.10 Å². The molecule has 0 bridgehead atoms. The lowest BCUT2D eigenvalue weighted by Crippen LogP contribution is -2.58. The Labute approximate surface area is 105 Å². The molecule has 0 spiro atoms. The number of nitrogens with one attached hydrogen (secondary N) is 1. The van der Waals surface area contributed by atoms with E-state index in [0.717, 1.165) is 0 Å². The number of aromatic amines is 1. The third-order valence-electron chi connectivity index (χ3n) is 3.51. The summed E-state index contributed by atoms with van der Waals surface area (Å²) in [5.74, 6) is -0.0817. The van der Waals surface area contributed by atoms with E-state index in [1.807, 2.05) is 0 Å². The molecule has 102 valence electrons. The summed E-state index contributed by atoms with van der Waals surface area (Å²) in [4.78, 5) is 21.7. The molecule has 5 N–H and O–H groups in total. The summed E-state index contributed by atoms with van der Waals surface area (Å²) in [6.07, 6.45) is -0.154. The molecule has 0 saturated heterocycles. The van der Waals surface area contributed by atoms with Crippen molar-refractivity contribution in [3.05, 3.63) is 16.7 Å². The van der Waals surface area contributed by atoms with Gasteiger partial charge in [-0.1, -0.05) is 0 Å². The molecule has 0 amide bonds. The van der Waals surface area contributed by atoms with Crippen molar-refractivity contribution < 1.29 is 14.6 Å². The van der Waals surface area contributed by atoms with E-state index in [1.54, 1.807) is 0 Å². The number of nitrogen functional groups attached to an aromatic ring is 1. The van der Waals surface area contributed by atoms with Crippen LogP contribution >= 0.6 is 0 Å². The summed E-state index contributed by atoms with van der Waals surface area (Å²) < 4.78 is 15.2. The molecule has 8 nitrogen and oxygen atoms in total. The molecule has 2 aromatic rings. The Morgan fingerprint density at radius 3 is 3.05 bits per heavy atom. The van der Waals surface area contributed by atoms with Crippen molar-refractivity contribution in [2.45, 2.75) is 24.2 Å².